The van der Waals surface area contributed by atoms with Gasteiger partial charge in [-0.05, 0) is 12.1 Å². The molecule has 1 aromatic rings. The Labute approximate surface area is 86.3 Å². The van der Waals surface area contributed by atoms with E-state index >= 15 is 0 Å². The minimum Gasteiger partial charge on any atom is -0.476 e. The van der Waals surface area contributed by atoms with Crippen molar-refractivity contribution in [2.45, 2.75) is 0 Å². The Morgan fingerprint density at radius 1 is 1.57 bits per heavy atom. The number of pyridine rings is 1. The molecule has 76 valence electrons. The van der Waals surface area contributed by atoms with E-state index in [1.807, 2.05) is 0 Å². The second-order valence-corrected chi connectivity index (χ2v) is 3.25. The molecule has 5 nitrogen and oxygen atoms in total. The molecule has 14 heavy (non-hydrogen) atoms. The summed E-state index contributed by atoms with van der Waals surface area (Å²) in [6.07, 6.45) is 0. The molecule has 1 aromatic heterocycles. The Balaban J connectivity index is 3.00. The molecule has 0 amide bonds. The highest BCUT2D eigenvalue weighted by atomic mass is 35.5. The van der Waals surface area contributed by atoms with E-state index in [1.165, 1.54) is 6.07 Å². The van der Waals surface area contributed by atoms with Gasteiger partial charge in [-0.3, -0.25) is 0 Å². The molecular weight excluding hydrogens is 206 g/mol. The number of hydrazine groups is 1. The smallest absolute Gasteiger partial charge is 0.356 e. The summed E-state index contributed by atoms with van der Waals surface area (Å²) in [5.41, 5.74) is 2.67. The van der Waals surface area contributed by atoms with Crippen molar-refractivity contribution in [2.24, 2.45) is 0 Å². The number of nitrogens with one attached hydrogen (secondary N) is 1. The summed E-state index contributed by atoms with van der Waals surface area (Å²) in [5, 5.41) is 10.5. The molecule has 1 rings (SSSR count). The van der Waals surface area contributed by atoms with Crippen LogP contribution in [0.2, 0.25) is 5.02 Å². The zero-order valence-corrected chi connectivity index (χ0v) is 8.54. The number of hydrogen-bond acceptors (Lipinski definition) is 4. The number of carboxylic acids is 1. The van der Waals surface area contributed by atoms with Crippen molar-refractivity contribution in [1.82, 2.24) is 9.99 Å². The molecule has 0 saturated heterocycles. The summed E-state index contributed by atoms with van der Waals surface area (Å²) in [6, 6.07) is 3.10. The van der Waals surface area contributed by atoms with Crippen molar-refractivity contribution >= 4 is 23.4 Å². The predicted molar refractivity (Wildman–Crippen MR) is 53.5 cm³/mol. The number of halogens is 1. The van der Waals surface area contributed by atoms with Gasteiger partial charge in [0.25, 0.3) is 0 Å². The van der Waals surface area contributed by atoms with Gasteiger partial charge in [0.1, 0.15) is 5.82 Å². The Hall–Kier alpha value is -1.33. The number of nitrogens with zero attached hydrogens (tertiary/aromatic N) is 2. The molecule has 0 aliphatic heterocycles. The number of aromatic carboxylic acids is 1. The van der Waals surface area contributed by atoms with Crippen molar-refractivity contribution in [3.05, 3.63) is 22.8 Å². The van der Waals surface area contributed by atoms with Crippen LogP contribution < -0.4 is 5.43 Å². The molecule has 0 aliphatic carbocycles. The first kappa shape index (κ1) is 10.7. The third-order valence-corrected chi connectivity index (χ3v) is 1.69. The summed E-state index contributed by atoms with van der Waals surface area (Å²) in [4.78, 5) is 14.5. The van der Waals surface area contributed by atoms with Gasteiger partial charge in [-0.1, -0.05) is 11.6 Å². The van der Waals surface area contributed by atoms with Gasteiger partial charge in [0, 0.05) is 14.1 Å². The lowest BCUT2D eigenvalue weighted by Gasteiger charge is -2.12. The summed E-state index contributed by atoms with van der Waals surface area (Å²) in [6.45, 7) is 0. The SMILES string of the molecule is CN(C)Nc1ccc(Cl)c(C(=O)O)n1. The Morgan fingerprint density at radius 2 is 2.21 bits per heavy atom. The first-order valence-corrected chi connectivity index (χ1v) is 4.22. The van der Waals surface area contributed by atoms with Crippen LogP contribution in [0.4, 0.5) is 5.82 Å². The maximum absolute atomic E-state index is 10.7. The van der Waals surface area contributed by atoms with Gasteiger partial charge in [0.05, 0.1) is 5.02 Å². The molecule has 1 heterocycles. The van der Waals surface area contributed by atoms with Gasteiger partial charge in [0.15, 0.2) is 5.69 Å². The number of aromatic nitrogens is 1. The van der Waals surface area contributed by atoms with E-state index in [0.29, 0.717) is 5.82 Å². The van der Waals surface area contributed by atoms with Gasteiger partial charge < -0.3 is 10.5 Å². The predicted octanol–water partition coefficient (Wildman–Crippen LogP) is 1.32. The van der Waals surface area contributed by atoms with Crippen LogP contribution in [0.1, 0.15) is 10.5 Å². The average Bonchev–Trinajstić information content (AvgIpc) is 2.07. The molecule has 0 atom stereocenters. The largest absolute Gasteiger partial charge is 0.476 e. The van der Waals surface area contributed by atoms with E-state index in [4.69, 9.17) is 16.7 Å². The highest BCUT2D eigenvalue weighted by Gasteiger charge is 2.11. The van der Waals surface area contributed by atoms with Crippen LogP contribution in [0.25, 0.3) is 0 Å². The van der Waals surface area contributed by atoms with E-state index < -0.39 is 5.97 Å². The minimum absolute atomic E-state index is 0.127. The van der Waals surface area contributed by atoms with Crippen molar-refractivity contribution < 1.29 is 9.90 Å². The van der Waals surface area contributed by atoms with Crippen LogP contribution in [0.15, 0.2) is 12.1 Å². The van der Waals surface area contributed by atoms with E-state index in [1.54, 1.807) is 25.2 Å². The molecule has 0 aromatic carbocycles. The summed E-state index contributed by atoms with van der Waals surface area (Å²) < 4.78 is 0. The third-order valence-electron chi connectivity index (χ3n) is 1.39. The molecule has 2 N–H and O–H groups in total. The molecule has 0 bridgehead atoms. The van der Waals surface area contributed by atoms with Crippen molar-refractivity contribution in [3.63, 3.8) is 0 Å². The van der Waals surface area contributed by atoms with Gasteiger partial charge in [0.2, 0.25) is 0 Å². The average molecular weight is 216 g/mol. The van der Waals surface area contributed by atoms with Gasteiger partial charge in [-0.25, -0.2) is 14.8 Å². The van der Waals surface area contributed by atoms with Crippen molar-refractivity contribution in [3.8, 4) is 0 Å². The third kappa shape index (κ3) is 2.58. The molecule has 0 saturated carbocycles. The summed E-state index contributed by atoms with van der Waals surface area (Å²) >= 11 is 5.64. The summed E-state index contributed by atoms with van der Waals surface area (Å²) in [5.74, 6) is -0.700. The highest BCUT2D eigenvalue weighted by molar-refractivity contribution is 6.33. The number of anilines is 1. The Kier molecular flexibility index (Phi) is 3.27. The molecule has 0 radical (unpaired) electrons. The van der Waals surface area contributed by atoms with E-state index in [2.05, 4.69) is 10.4 Å². The normalized spacial score (nSPS) is 10.3. The molecule has 6 heteroatoms. The Bertz CT molecular complexity index is 354. The van der Waals surface area contributed by atoms with Crippen LogP contribution in [0, 0.1) is 0 Å². The zero-order chi connectivity index (χ0) is 10.7. The van der Waals surface area contributed by atoms with Gasteiger partial charge >= 0.3 is 5.97 Å². The number of hydrogen-bond donors (Lipinski definition) is 2. The van der Waals surface area contributed by atoms with Crippen LogP contribution in [0.5, 0.6) is 0 Å². The zero-order valence-electron chi connectivity index (χ0n) is 7.78. The lowest BCUT2D eigenvalue weighted by molar-refractivity contribution is 0.0691. The van der Waals surface area contributed by atoms with E-state index in [-0.39, 0.29) is 10.7 Å². The second kappa shape index (κ2) is 4.26. The van der Waals surface area contributed by atoms with Crippen molar-refractivity contribution in [2.75, 3.05) is 19.5 Å². The highest BCUT2D eigenvalue weighted by Crippen LogP contribution is 2.16. The number of rotatable bonds is 3. The first-order chi connectivity index (χ1) is 6.50. The van der Waals surface area contributed by atoms with Gasteiger partial charge in [-0.2, -0.15) is 0 Å². The maximum Gasteiger partial charge on any atom is 0.356 e. The van der Waals surface area contributed by atoms with Crippen LogP contribution in [-0.4, -0.2) is 35.2 Å². The summed E-state index contributed by atoms with van der Waals surface area (Å²) in [7, 11) is 3.55. The molecular formula is C8H10ClN3O2. The van der Waals surface area contributed by atoms with Crippen LogP contribution in [0.3, 0.4) is 0 Å². The van der Waals surface area contributed by atoms with E-state index in [9.17, 15) is 4.79 Å². The van der Waals surface area contributed by atoms with Crippen LogP contribution >= 0.6 is 11.6 Å². The molecule has 0 fully saturated rings. The second-order valence-electron chi connectivity index (χ2n) is 2.84. The minimum atomic E-state index is -1.14. The standard InChI is InChI=1S/C8H10ClN3O2/c1-12(2)11-6-4-3-5(9)7(10-6)8(13)14/h3-4H,1-2H3,(H,10,11)(H,13,14). The molecule has 0 spiro atoms. The fourth-order valence-electron chi connectivity index (χ4n) is 0.883. The topological polar surface area (TPSA) is 65.5 Å². The fourth-order valence-corrected chi connectivity index (χ4v) is 1.07. The van der Waals surface area contributed by atoms with Gasteiger partial charge in [-0.15, -0.1) is 0 Å². The van der Waals surface area contributed by atoms with Crippen LogP contribution in [-0.2, 0) is 0 Å². The monoisotopic (exact) mass is 215 g/mol. The molecule has 0 unspecified atom stereocenters. The number of carboxylic acid groups (broad SMARTS) is 1. The quantitative estimate of drug-likeness (QED) is 0.745. The molecule has 0 aliphatic rings. The maximum atomic E-state index is 10.7. The fraction of sp³-hybridized carbons (Fsp3) is 0.250. The first-order valence-electron chi connectivity index (χ1n) is 3.84. The van der Waals surface area contributed by atoms with E-state index in [0.717, 1.165) is 0 Å². The van der Waals surface area contributed by atoms with Crippen molar-refractivity contribution in [1.29, 1.82) is 0 Å². The lowest BCUT2D eigenvalue weighted by Crippen LogP contribution is -2.21. The lowest BCUT2D eigenvalue weighted by atomic mass is 10.3. The number of carbonyl (C=O) groups is 1. The Morgan fingerprint density at radius 3 is 2.71 bits per heavy atom.